The van der Waals surface area contributed by atoms with Gasteiger partial charge >= 0.3 is 5.97 Å². The van der Waals surface area contributed by atoms with E-state index in [1.807, 2.05) is 0 Å². The number of carbonyl (C=O) groups is 4. The average molecular weight is 497 g/mol. The highest BCUT2D eigenvalue weighted by molar-refractivity contribution is 6.03. The Morgan fingerprint density at radius 3 is 2.53 bits per heavy atom. The number of hydrogen-bond acceptors (Lipinski definition) is 9. The Morgan fingerprint density at radius 1 is 1.08 bits per heavy atom. The van der Waals surface area contributed by atoms with Gasteiger partial charge in [0.15, 0.2) is 0 Å². The molecule has 0 saturated carbocycles. The van der Waals surface area contributed by atoms with E-state index in [2.05, 4.69) is 30.4 Å². The Labute approximate surface area is 207 Å². The molecule has 3 amide bonds. The van der Waals surface area contributed by atoms with E-state index in [-0.39, 0.29) is 30.0 Å². The lowest BCUT2D eigenvalue weighted by Gasteiger charge is -2.35. The van der Waals surface area contributed by atoms with E-state index in [9.17, 15) is 19.2 Å². The van der Waals surface area contributed by atoms with Gasteiger partial charge < -0.3 is 20.1 Å². The van der Waals surface area contributed by atoms with Gasteiger partial charge in [-0.25, -0.2) is 14.8 Å². The van der Waals surface area contributed by atoms with Crippen LogP contribution in [0.15, 0.2) is 36.7 Å². The number of amides is 3. The molecule has 4 rings (SSSR count). The lowest BCUT2D eigenvalue weighted by Crippen LogP contribution is -2.52. The fourth-order valence-corrected chi connectivity index (χ4v) is 4.04. The molecule has 2 aliphatic heterocycles. The zero-order valence-corrected chi connectivity index (χ0v) is 19.7. The van der Waals surface area contributed by atoms with Crippen molar-refractivity contribution in [3.63, 3.8) is 0 Å². The van der Waals surface area contributed by atoms with Crippen LogP contribution in [0, 0.1) is 0 Å². The van der Waals surface area contributed by atoms with Gasteiger partial charge in [0.25, 0.3) is 5.91 Å². The third-order valence-electron chi connectivity index (χ3n) is 6.09. The van der Waals surface area contributed by atoms with Crippen molar-refractivity contribution in [2.24, 2.45) is 0 Å². The molecule has 12 nitrogen and oxygen atoms in total. The molecule has 36 heavy (non-hydrogen) atoms. The number of anilines is 1. The third-order valence-corrected chi connectivity index (χ3v) is 6.09. The zero-order chi connectivity index (χ0) is 25.5. The monoisotopic (exact) mass is 496 g/mol. The standard InChI is InChI=1S/C24H28N6O6/c31-21-7-5-19(23(33)28-21)27-22(32)18-4-3-17(15-25-18)36-13-1-8-29-9-11-30(12-10-29)20-6-2-16(14-26-20)24(34)35/h2-4,6,14-15,19H,1,5,7-13H2,(H,27,32)(H,34,35)(H,28,31,33). The zero-order valence-electron chi connectivity index (χ0n) is 19.7. The quantitative estimate of drug-likeness (QED) is 0.326. The van der Waals surface area contributed by atoms with Crippen LogP contribution in [0.3, 0.4) is 0 Å². The van der Waals surface area contributed by atoms with E-state index in [4.69, 9.17) is 9.84 Å². The summed E-state index contributed by atoms with van der Waals surface area (Å²) in [7, 11) is 0. The van der Waals surface area contributed by atoms with E-state index in [0.29, 0.717) is 12.4 Å². The lowest BCUT2D eigenvalue weighted by molar-refractivity contribution is -0.134. The molecule has 0 spiro atoms. The maximum absolute atomic E-state index is 12.3. The fourth-order valence-electron chi connectivity index (χ4n) is 4.04. The fraction of sp³-hybridized carbons (Fsp3) is 0.417. The Balaban J connectivity index is 1.14. The normalized spacial score (nSPS) is 18.4. The molecular weight excluding hydrogens is 468 g/mol. The smallest absolute Gasteiger partial charge is 0.337 e. The molecule has 190 valence electrons. The van der Waals surface area contributed by atoms with Crippen molar-refractivity contribution in [1.82, 2.24) is 25.5 Å². The Hall–Kier alpha value is -4.06. The van der Waals surface area contributed by atoms with Crippen LogP contribution in [-0.4, -0.2) is 89.0 Å². The van der Waals surface area contributed by atoms with E-state index in [0.717, 1.165) is 45.0 Å². The summed E-state index contributed by atoms with van der Waals surface area (Å²) < 4.78 is 5.74. The molecule has 2 saturated heterocycles. The van der Waals surface area contributed by atoms with Crippen LogP contribution in [-0.2, 0) is 9.59 Å². The molecule has 2 aromatic rings. The van der Waals surface area contributed by atoms with Crippen LogP contribution >= 0.6 is 0 Å². The molecule has 0 radical (unpaired) electrons. The van der Waals surface area contributed by atoms with Crippen molar-refractivity contribution in [3.8, 4) is 5.75 Å². The van der Waals surface area contributed by atoms with Gasteiger partial charge in [-0.05, 0) is 37.1 Å². The summed E-state index contributed by atoms with van der Waals surface area (Å²) in [6.07, 6.45) is 4.13. The van der Waals surface area contributed by atoms with Gasteiger partial charge in [0.2, 0.25) is 11.8 Å². The first kappa shape index (κ1) is 25.0. The summed E-state index contributed by atoms with van der Waals surface area (Å²) in [5, 5.41) is 13.8. The van der Waals surface area contributed by atoms with Crippen molar-refractivity contribution in [2.75, 3.05) is 44.2 Å². The van der Waals surface area contributed by atoms with Crippen LogP contribution in [0.4, 0.5) is 5.82 Å². The topological polar surface area (TPSA) is 154 Å². The van der Waals surface area contributed by atoms with Gasteiger partial charge in [-0.1, -0.05) is 0 Å². The molecule has 1 atom stereocenters. The highest BCUT2D eigenvalue weighted by Gasteiger charge is 2.28. The Bertz CT molecular complexity index is 1100. The van der Waals surface area contributed by atoms with Crippen molar-refractivity contribution in [2.45, 2.75) is 25.3 Å². The van der Waals surface area contributed by atoms with Crippen LogP contribution in [0.25, 0.3) is 0 Å². The van der Waals surface area contributed by atoms with E-state index in [1.165, 1.54) is 18.5 Å². The van der Waals surface area contributed by atoms with Crippen molar-refractivity contribution in [3.05, 3.63) is 47.9 Å². The predicted molar refractivity (Wildman–Crippen MR) is 128 cm³/mol. The van der Waals surface area contributed by atoms with E-state index < -0.39 is 23.8 Å². The molecule has 4 heterocycles. The van der Waals surface area contributed by atoms with Gasteiger partial charge in [-0.3, -0.25) is 24.6 Å². The number of carboxylic acids is 1. The van der Waals surface area contributed by atoms with Crippen LogP contribution < -0.4 is 20.3 Å². The van der Waals surface area contributed by atoms with Crippen molar-refractivity contribution >= 4 is 29.5 Å². The molecule has 2 aromatic heterocycles. The minimum atomic E-state index is -0.983. The second-order valence-corrected chi connectivity index (χ2v) is 8.60. The van der Waals surface area contributed by atoms with E-state index in [1.54, 1.807) is 18.2 Å². The number of nitrogens with zero attached hydrogens (tertiary/aromatic N) is 4. The van der Waals surface area contributed by atoms with Crippen molar-refractivity contribution < 1.29 is 29.0 Å². The first-order valence-electron chi connectivity index (χ1n) is 11.8. The van der Waals surface area contributed by atoms with Crippen LogP contribution in [0.1, 0.15) is 40.1 Å². The number of pyridine rings is 2. The molecule has 1 unspecified atom stereocenters. The molecule has 2 fully saturated rings. The van der Waals surface area contributed by atoms with Gasteiger partial charge in [0, 0.05) is 45.3 Å². The number of ether oxygens (including phenoxy) is 1. The molecule has 3 N–H and O–H groups in total. The Kier molecular flexibility index (Phi) is 8.06. The number of nitrogens with one attached hydrogen (secondary N) is 2. The molecule has 0 aromatic carbocycles. The Morgan fingerprint density at radius 2 is 1.89 bits per heavy atom. The number of imide groups is 1. The molecule has 12 heteroatoms. The number of hydrogen-bond donors (Lipinski definition) is 3. The number of rotatable bonds is 9. The maximum atomic E-state index is 12.3. The van der Waals surface area contributed by atoms with Gasteiger partial charge in [0.1, 0.15) is 23.3 Å². The number of piperidine rings is 1. The SMILES string of the molecule is O=C1CCC(NC(=O)c2ccc(OCCCN3CCN(c4ccc(C(=O)O)cn4)CC3)cn2)C(=O)N1. The number of aromatic carboxylic acids is 1. The summed E-state index contributed by atoms with van der Waals surface area (Å²) >= 11 is 0. The summed E-state index contributed by atoms with van der Waals surface area (Å²) in [6, 6.07) is 5.76. The molecule has 2 aliphatic rings. The number of carbonyl (C=O) groups excluding carboxylic acids is 3. The molecule has 0 bridgehead atoms. The summed E-state index contributed by atoms with van der Waals surface area (Å²) in [5.41, 5.74) is 0.342. The molecular formula is C24H28N6O6. The summed E-state index contributed by atoms with van der Waals surface area (Å²) in [4.78, 5) is 59.1. The van der Waals surface area contributed by atoms with Gasteiger partial charge in [-0.2, -0.15) is 0 Å². The number of piperazine rings is 1. The minimum absolute atomic E-state index is 0.164. The minimum Gasteiger partial charge on any atom is -0.492 e. The van der Waals surface area contributed by atoms with Gasteiger partial charge in [0.05, 0.1) is 18.4 Å². The number of carboxylic acid groups (broad SMARTS) is 1. The highest BCUT2D eigenvalue weighted by Crippen LogP contribution is 2.15. The maximum Gasteiger partial charge on any atom is 0.337 e. The predicted octanol–water partition coefficient (Wildman–Crippen LogP) is 0.301. The number of aromatic nitrogens is 2. The van der Waals surface area contributed by atoms with Crippen molar-refractivity contribution in [1.29, 1.82) is 0 Å². The largest absolute Gasteiger partial charge is 0.492 e. The van der Waals surface area contributed by atoms with Crippen LogP contribution in [0.5, 0.6) is 5.75 Å². The van der Waals surface area contributed by atoms with Gasteiger partial charge in [-0.15, -0.1) is 0 Å². The second kappa shape index (κ2) is 11.6. The first-order chi connectivity index (χ1) is 17.4. The lowest BCUT2D eigenvalue weighted by atomic mass is 10.1. The second-order valence-electron chi connectivity index (χ2n) is 8.60. The third kappa shape index (κ3) is 6.54. The first-order valence-corrected chi connectivity index (χ1v) is 11.8. The van der Waals surface area contributed by atoms with E-state index >= 15 is 0 Å². The van der Waals surface area contributed by atoms with Crippen LogP contribution in [0.2, 0.25) is 0 Å². The highest BCUT2D eigenvalue weighted by atomic mass is 16.5. The summed E-state index contributed by atoms with van der Waals surface area (Å²) in [5.74, 6) is -0.981. The molecule has 0 aliphatic carbocycles. The summed E-state index contributed by atoms with van der Waals surface area (Å²) in [6.45, 7) is 4.75. The average Bonchev–Trinajstić information content (AvgIpc) is 2.89.